The Bertz CT molecular complexity index is 945. The molecule has 3 rings (SSSR count). The maximum absolute atomic E-state index is 13.4. The van der Waals surface area contributed by atoms with E-state index in [-0.39, 0.29) is 17.7 Å². The lowest BCUT2D eigenvalue weighted by molar-refractivity contribution is 0.0891. The van der Waals surface area contributed by atoms with E-state index < -0.39 is 0 Å². The highest BCUT2D eigenvalue weighted by molar-refractivity contribution is 14.1. The van der Waals surface area contributed by atoms with Crippen molar-refractivity contribution in [3.63, 3.8) is 0 Å². The quantitative estimate of drug-likeness (QED) is 0.429. The molecule has 0 amide bonds. The highest BCUT2D eigenvalue weighted by Gasteiger charge is 2.25. The minimum atomic E-state index is -0.324. The largest absolute Gasteiger partial charge is 0.508 e. The van der Waals surface area contributed by atoms with Gasteiger partial charge in [0.1, 0.15) is 17.6 Å². The lowest BCUT2D eigenvalue weighted by Gasteiger charge is -2.19. The number of nitrogens with zero attached hydrogens (tertiary/aromatic N) is 2. The lowest BCUT2D eigenvalue weighted by atomic mass is 10.1. The Labute approximate surface area is 158 Å². The Hall–Kier alpha value is -2.11. The van der Waals surface area contributed by atoms with Crippen molar-refractivity contribution in [1.29, 1.82) is 5.26 Å². The summed E-state index contributed by atoms with van der Waals surface area (Å²) in [5.74, 6) is -0.231. The van der Waals surface area contributed by atoms with Gasteiger partial charge >= 0.3 is 0 Å². The molecule has 2 aromatic carbocycles. The molecule has 0 radical (unpaired) electrons. The Kier molecular flexibility index (Phi) is 5.25. The van der Waals surface area contributed by atoms with Crippen LogP contribution in [0.25, 0.3) is 16.6 Å². The molecule has 1 unspecified atom stereocenters. The van der Waals surface area contributed by atoms with Crippen molar-refractivity contribution >= 4 is 33.5 Å². The molecule has 0 saturated carbocycles. The van der Waals surface area contributed by atoms with E-state index in [2.05, 4.69) is 28.7 Å². The monoisotopic (exact) mass is 450 g/mol. The number of alkyl halides is 1. The normalized spacial score (nSPS) is 12.2. The minimum Gasteiger partial charge on any atom is -0.508 e. The average Bonchev–Trinajstić information content (AvgIpc) is 2.93. The third-order valence-corrected chi connectivity index (χ3v) is 4.48. The second-order valence-corrected chi connectivity index (χ2v) is 6.18. The number of hydrogen-bond donors (Lipinski definition) is 1. The van der Waals surface area contributed by atoms with Crippen LogP contribution in [0.15, 0.2) is 42.5 Å². The topological polar surface area (TPSA) is 58.2 Å². The molecule has 0 aliphatic rings. The van der Waals surface area contributed by atoms with Crippen LogP contribution in [0.5, 0.6) is 5.75 Å². The van der Waals surface area contributed by atoms with E-state index >= 15 is 0 Å². The van der Waals surface area contributed by atoms with Gasteiger partial charge in [0.2, 0.25) is 0 Å². The van der Waals surface area contributed by atoms with Gasteiger partial charge in [-0.05, 0) is 48.9 Å². The van der Waals surface area contributed by atoms with E-state index in [0.29, 0.717) is 27.7 Å². The van der Waals surface area contributed by atoms with E-state index in [1.807, 2.05) is 11.5 Å². The summed E-state index contributed by atoms with van der Waals surface area (Å²) in [6, 6.07) is 13.3. The number of ether oxygens (including phenoxy) is 1. The van der Waals surface area contributed by atoms with Crippen molar-refractivity contribution in [2.24, 2.45) is 0 Å². The molecular formula is C19H16FIN2O2. The van der Waals surface area contributed by atoms with Gasteiger partial charge in [0.15, 0.2) is 0 Å². The SMILES string of the molecule is CCC(OCI)c1c(C#N)c2cc(O)ccc2n1-c1ccc(F)cc1. The fourth-order valence-electron chi connectivity index (χ4n) is 3.06. The van der Waals surface area contributed by atoms with Crippen molar-refractivity contribution in [1.82, 2.24) is 4.57 Å². The zero-order valence-corrected chi connectivity index (χ0v) is 15.7. The van der Waals surface area contributed by atoms with Gasteiger partial charge in [0, 0.05) is 11.1 Å². The number of aromatic nitrogens is 1. The molecule has 128 valence electrons. The van der Waals surface area contributed by atoms with Crippen molar-refractivity contribution in [3.05, 3.63) is 59.5 Å². The molecule has 0 bridgehead atoms. The number of hydrogen-bond acceptors (Lipinski definition) is 3. The minimum absolute atomic E-state index is 0.0923. The molecule has 1 heterocycles. The summed E-state index contributed by atoms with van der Waals surface area (Å²) in [6.45, 7) is 1.99. The van der Waals surface area contributed by atoms with Crippen LogP contribution in [0.4, 0.5) is 4.39 Å². The molecule has 0 fully saturated rings. The zero-order chi connectivity index (χ0) is 18.0. The van der Waals surface area contributed by atoms with Gasteiger partial charge in [-0.1, -0.05) is 29.5 Å². The van der Waals surface area contributed by atoms with Gasteiger partial charge in [0.05, 0.1) is 27.5 Å². The van der Waals surface area contributed by atoms with Crippen LogP contribution in [0.3, 0.4) is 0 Å². The standard InChI is InChI=1S/C19H16FIN2O2/c1-2-18(25-11-21)19-16(10-22)15-9-14(24)7-8-17(15)23(19)13-5-3-12(20)4-6-13/h3-9,18,24H,2,11H2,1H3. The smallest absolute Gasteiger partial charge is 0.123 e. The fraction of sp³-hybridized carbons (Fsp3) is 0.211. The Balaban J connectivity index is 2.39. The highest BCUT2D eigenvalue weighted by atomic mass is 127. The highest BCUT2D eigenvalue weighted by Crippen LogP contribution is 2.37. The first-order valence-corrected chi connectivity index (χ1v) is 9.34. The summed E-state index contributed by atoms with van der Waals surface area (Å²) in [4.78, 5) is 0. The molecule has 4 nitrogen and oxygen atoms in total. The van der Waals surface area contributed by atoms with Crippen LogP contribution in [0, 0.1) is 17.1 Å². The first-order valence-electron chi connectivity index (χ1n) is 7.81. The summed E-state index contributed by atoms with van der Waals surface area (Å²) >= 11 is 2.13. The maximum Gasteiger partial charge on any atom is 0.123 e. The molecule has 0 spiro atoms. The Morgan fingerprint density at radius 1 is 1.28 bits per heavy atom. The number of phenols is 1. The first-order chi connectivity index (χ1) is 12.1. The molecule has 0 aliphatic carbocycles. The fourth-order valence-corrected chi connectivity index (χ4v) is 3.49. The molecule has 0 aliphatic heterocycles. The van der Waals surface area contributed by atoms with Gasteiger partial charge < -0.3 is 14.4 Å². The van der Waals surface area contributed by atoms with E-state index in [1.165, 1.54) is 12.1 Å². The predicted octanol–water partition coefficient (Wildman–Crippen LogP) is 5.21. The number of nitriles is 1. The number of phenolic OH excluding ortho intramolecular Hbond substituents is 1. The molecular weight excluding hydrogens is 434 g/mol. The summed E-state index contributed by atoms with van der Waals surface area (Å²) < 4.78 is 21.6. The van der Waals surface area contributed by atoms with Crippen molar-refractivity contribution < 1.29 is 14.2 Å². The molecule has 1 aromatic heterocycles. The van der Waals surface area contributed by atoms with Gasteiger partial charge in [-0.15, -0.1) is 0 Å². The zero-order valence-electron chi connectivity index (χ0n) is 13.5. The van der Waals surface area contributed by atoms with Crippen molar-refractivity contribution in [2.75, 3.05) is 4.61 Å². The summed E-state index contributed by atoms with van der Waals surface area (Å²) in [5, 5.41) is 20.3. The van der Waals surface area contributed by atoms with Crippen LogP contribution in [0.2, 0.25) is 0 Å². The van der Waals surface area contributed by atoms with Gasteiger partial charge in [-0.3, -0.25) is 0 Å². The third kappa shape index (κ3) is 3.22. The van der Waals surface area contributed by atoms with Crippen LogP contribution >= 0.6 is 22.6 Å². The van der Waals surface area contributed by atoms with E-state index in [4.69, 9.17) is 4.74 Å². The molecule has 6 heteroatoms. The van der Waals surface area contributed by atoms with Crippen LogP contribution in [-0.2, 0) is 4.74 Å². The average molecular weight is 450 g/mol. The van der Waals surface area contributed by atoms with Crippen LogP contribution in [-0.4, -0.2) is 14.3 Å². The maximum atomic E-state index is 13.4. The number of rotatable bonds is 5. The Morgan fingerprint density at radius 2 is 2.00 bits per heavy atom. The molecule has 25 heavy (non-hydrogen) atoms. The van der Waals surface area contributed by atoms with Gasteiger partial charge in [-0.25, -0.2) is 4.39 Å². The molecule has 0 saturated heterocycles. The number of aromatic hydroxyl groups is 1. The van der Waals surface area contributed by atoms with Crippen LogP contribution in [0.1, 0.15) is 30.7 Å². The van der Waals surface area contributed by atoms with Crippen molar-refractivity contribution in [3.8, 4) is 17.5 Å². The van der Waals surface area contributed by atoms with Crippen LogP contribution < -0.4 is 0 Å². The van der Waals surface area contributed by atoms with Gasteiger partial charge in [0.25, 0.3) is 0 Å². The predicted molar refractivity (Wildman–Crippen MR) is 103 cm³/mol. The van der Waals surface area contributed by atoms with Crippen molar-refractivity contribution in [2.45, 2.75) is 19.4 Å². The molecule has 3 aromatic rings. The summed E-state index contributed by atoms with van der Waals surface area (Å²) in [6.07, 6.45) is 0.396. The number of benzene rings is 2. The second kappa shape index (κ2) is 7.42. The second-order valence-electron chi connectivity index (χ2n) is 5.56. The van der Waals surface area contributed by atoms with E-state index in [1.54, 1.807) is 30.3 Å². The molecule has 1 N–H and O–H groups in total. The first kappa shape index (κ1) is 17.7. The summed E-state index contributed by atoms with van der Waals surface area (Å²) in [5.41, 5.74) is 2.69. The lowest BCUT2D eigenvalue weighted by Crippen LogP contribution is -2.10. The van der Waals surface area contributed by atoms with E-state index in [0.717, 1.165) is 11.2 Å². The number of halogens is 2. The Morgan fingerprint density at radius 3 is 2.60 bits per heavy atom. The number of fused-ring (bicyclic) bond motifs is 1. The van der Waals surface area contributed by atoms with Gasteiger partial charge in [-0.2, -0.15) is 5.26 Å². The molecule has 1 atom stereocenters. The third-order valence-electron chi connectivity index (χ3n) is 4.12. The van der Waals surface area contributed by atoms with E-state index in [9.17, 15) is 14.8 Å². The summed E-state index contributed by atoms with van der Waals surface area (Å²) in [7, 11) is 0.